The Kier molecular flexibility index (Phi) is 6.49. The molecule has 0 saturated carbocycles. The maximum atomic E-state index is 14.1. The zero-order valence-electron chi connectivity index (χ0n) is 16.1. The third-order valence-electron chi connectivity index (χ3n) is 5.78. The van der Waals surface area contributed by atoms with E-state index in [4.69, 9.17) is 5.11 Å². The van der Waals surface area contributed by atoms with E-state index in [0.717, 1.165) is 25.3 Å². The summed E-state index contributed by atoms with van der Waals surface area (Å²) in [5.74, 6) is -2.04. The molecule has 28 heavy (non-hydrogen) atoms. The maximum Gasteiger partial charge on any atom is 0.317 e. The van der Waals surface area contributed by atoms with Crippen molar-refractivity contribution in [3.63, 3.8) is 0 Å². The minimum absolute atomic E-state index is 0.0210. The number of carboxylic acids is 1. The smallest absolute Gasteiger partial charge is 0.317 e. The fourth-order valence-corrected chi connectivity index (χ4v) is 4.29. The minimum Gasteiger partial charge on any atom is -0.480 e. The first-order valence-electron chi connectivity index (χ1n) is 9.80. The molecular formula is C20H27F2N3O3. The van der Waals surface area contributed by atoms with Gasteiger partial charge in [0.2, 0.25) is 0 Å². The van der Waals surface area contributed by atoms with Gasteiger partial charge in [-0.25, -0.2) is 13.6 Å². The maximum absolute atomic E-state index is 14.1. The Morgan fingerprint density at radius 3 is 2.75 bits per heavy atom. The molecule has 6 nitrogen and oxygen atoms in total. The number of benzene rings is 1. The fourth-order valence-electron chi connectivity index (χ4n) is 4.29. The number of hydrogen-bond acceptors (Lipinski definition) is 3. The molecule has 0 radical (unpaired) electrons. The van der Waals surface area contributed by atoms with Gasteiger partial charge in [-0.05, 0) is 62.8 Å². The molecule has 0 bridgehead atoms. The molecule has 1 unspecified atom stereocenters. The van der Waals surface area contributed by atoms with Crippen LogP contribution in [0.2, 0.25) is 0 Å². The molecular weight excluding hydrogens is 368 g/mol. The highest BCUT2D eigenvalue weighted by Gasteiger charge is 2.28. The van der Waals surface area contributed by atoms with Crippen molar-refractivity contribution in [1.82, 2.24) is 15.1 Å². The predicted octanol–water partition coefficient (Wildman–Crippen LogP) is 2.92. The van der Waals surface area contributed by atoms with Gasteiger partial charge < -0.3 is 15.3 Å². The molecule has 1 saturated heterocycles. The van der Waals surface area contributed by atoms with Crippen LogP contribution in [-0.2, 0) is 11.2 Å². The van der Waals surface area contributed by atoms with E-state index in [0.29, 0.717) is 43.5 Å². The van der Waals surface area contributed by atoms with Crippen molar-refractivity contribution in [2.75, 3.05) is 26.7 Å². The first-order valence-corrected chi connectivity index (χ1v) is 9.80. The van der Waals surface area contributed by atoms with E-state index in [1.165, 1.54) is 6.07 Å². The van der Waals surface area contributed by atoms with E-state index in [9.17, 15) is 18.4 Å². The number of halogens is 2. The van der Waals surface area contributed by atoms with E-state index in [-0.39, 0.29) is 18.6 Å². The van der Waals surface area contributed by atoms with Gasteiger partial charge in [0, 0.05) is 25.2 Å². The number of hydrogen-bond donors (Lipinski definition) is 2. The molecule has 2 atom stereocenters. The lowest BCUT2D eigenvalue weighted by atomic mass is 9.87. The van der Waals surface area contributed by atoms with Gasteiger partial charge >= 0.3 is 12.0 Å². The molecule has 1 aliphatic carbocycles. The van der Waals surface area contributed by atoms with Crippen LogP contribution in [0.15, 0.2) is 12.1 Å². The van der Waals surface area contributed by atoms with Gasteiger partial charge in [-0.2, -0.15) is 0 Å². The minimum atomic E-state index is -0.864. The normalized spacial score (nSPS) is 22.5. The Balaban J connectivity index is 1.63. The van der Waals surface area contributed by atoms with Gasteiger partial charge in [-0.3, -0.25) is 9.69 Å². The van der Waals surface area contributed by atoms with Crippen molar-refractivity contribution in [3.8, 4) is 0 Å². The van der Waals surface area contributed by atoms with E-state index >= 15 is 0 Å². The Morgan fingerprint density at radius 1 is 1.21 bits per heavy atom. The number of rotatable bonds is 4. The molecule has 1 aromatic carbocycles. The molecule has 1 aromatic rings. The molecule has 8 heteroatoms. The van der Waals surface area contributed by atoms with Crippen molar-refractivity contribution in [1.29, 1.82) is 0 Å². The van der Waals surface area contributed by atoms with Crippen LogP contribution in [0.3, 0.4) is 0 Å². The Morgan fingerprint density at radius 2 is 2.00 bits per heavy atom. The van der Waals surface area contributed by atoms with Gasteiger partial charge in [0.05, 0.1) is 12.6 Å². The topological polar surface area (TPSA) is 72.9 Å². The van der Waals surface area contributed by atoms with Gasteiger partial charge in [0.25, 0.3) is 0 Å². The highest BCUT2D eigenvalue weighted by Crippen LogP contribution is 2.32. The van der Waals surface area contributed by atoms with Crippen LogP contribution in [0.4, 0.5) is 13.6 Å². The highest BCUT2D eigenvalue weighted by molar-refractivity contribution is 5.75. The Hall–Kier alpha value is -2.22. The van der Waals surface area contributed by atoms with Gasteiger partial charge in [-0.15, -0.1) is 0 Å². The SMILES string of the molecule is CN(CC(=O)O)C1CCCN(C(=O)N[C@@H]2CCCc3c(F)cc(F)cc32)CC1. The number of likely N-dealkylation sites (N-methyl/N-ethyl adjacent to an activating group) is 1. The van der Waals surface area contributed by atoms with E-state index in [2.05, 4.69) is 5.32 Å². The number of carbonyl (C=O) groups excluding carboxylic acids is 1. The fraction of sp³-hybridized carbons (Fsp3) is 0.600. The van der Waals surface area contributed by atoms with Crippen LogP contribution in [-0.4, -0.2) is 59.6 Å². The van der Waals surface area contributed by atoms with Crippen molar-refractivity contribution in [3.05, 3.63) is 34.9 Å². The summed E-state index contributed by atoms with van der Waals surface area (Å²) < 4.78 is 27.7. The standard InChI is InChI=1S/C20H27F2N3O3/c1-24(12-19(26)27)14-4-3-8-25(9-7-14)20(28)23-18-6-2-5-15-16(18)10-13(21)11-17(15)22/h10-11,14,18H,2-9,12H2,1H3,(H,23,28)(H,26,27)/t14?,18-/m1/s1. The second kappa shape index (κ2) is 8.86. The molecule has 3 rings (SSSR count). The molecule has 2 aliphatic rings. The molecule has 1 fully saturated rings. The Labute approximate surface area is 163 Å². The summed E-state index contributed by atoms with van der Waals surface area (Å²) in [6.45, 7) is 1.09. The third-order valence-corrected chi connectivity index (χ3v) is 5.78. The van der Waals surface area contributed by atoms with Crippen molar-refractivity contribution in [2.45, 2.75) is 50.6 Å². The number of carboxylic acid groups (broad SMARTS) is 1. The molecule has 2 amide bonds. The molecule has 1 aliphatic heterocycles. The summed E-state index contributed by atoms with van der Waals surface area (Å²) in [6.07, 6.45) is 4.25. The van der Waals surface area contributed by atoms with Gasteiger partial charge in [0.1, 0.15) is 11.6 Å². The zero-order chi connectivity index (χ0) is 20.3. The largest absolute Gasteiger partial charge is 0.480 e. The second-order valence-electron chi connectivity index (χ2n) is 7.73. The molecule has 2 N–H and O–H groups in total. The van der Waals surface area contributed by atoms with E-state index in [1.807, 2.05) is 4.90 Å². The quantitative estimate of drug-likeness (QED) is 0.822. The number of likely N-dealkylation sites (tertiary alicyclic amines) is 1. The Bertz CT molecular complexity index is 744. The molecule has 1 heterocycles. The summed E-state index contributed by atoms with van der Waals surface area (Å²) in [6, 6.07) is 1.71. The first kappa shape index (κ1) is 20.5. The first-order chi connectivity index (χ1) is 13.3. The van der Waals surface area contributed by atoms with Crippen molar-refractivity contribution >= 4 is 12.0 Å². The average Bonchev–Trinajstić information content (AvgIpc) is 2.88. The van der Waals surface area contributed by atoms with E-state index in [1.54, 1.807) is 11.9 Å². The zero-order valence-corrected chi connectivity index (χ0v) is 16.1. The number of nitrogens with zero attached hydrogens (tertiary/aromatic N) is 2. The van der Waals surface area contributed by atoms with Crippen LogP contribution in [0.5, 0.6) is 0 Å². The lowest BCUT2D eigenvalue weighted by molar-refractivity contribution is -0.138. The predicted molar refractivity (Wildman–Crippen MR) is 100 cm³/mol. The number of carbonyl (C=O) groups is 2. The third kappa shape index (κ3) is 4.79. The summed E-state index contributed by atoms with van der Waals surface area (Å²) in [5, 5.41) is 11.9. The monoisotopic (exact) mass is 395 g/mol. The lowest BCUT2D eigenvalue weighted by Gasteiger charge is -2.30. The summed E-state index contributed by atoms with van der Waals surface area (Å²) in [7, 11) is 1.79. The lowest BCUT2D eigenvalue weighted by Crippen LogP contribution is -2.43. The van der Waals surface area contributed by atoms with Crippen molar-refractivity contribution < 1.29 is 23.5 Å². The average molecular weight is 395 g/mol. The van der Waals surface area contributed by atoms with Gasteiger partial charge in [0.15, 0.2) is 0 Å². The van der Waals surface area contributed by atoms with Crippen LogP contribution >= 0.6 is 0 Å². The van der Waals surface area contributed by atoms with Gasteiger partial charge in [-0.1, -0.05) is 0 Å². The summed E-state index contributed by atoms with van der Waals surface area (Å²) in [4.78, 5) is 27.2. The van der Waals surface area contributed by atoms with Crippen LogP contribution in [0.25, 0.3) is 0 Å². The second-order valence-corrected chi connectivity index (χ2v) is 7.73. The van der Waals surface area contributed by atoms with Crippen molar-refractivity contribution in [2.24, 2.45) is 0 Å². The van der Waals surface area contributed by atoms with E-state index < -0.39 is 23.6 Å². The highest BCUT2D eigenvalue weighted by atomic mass is 19.1. The molecule has 154 valence electrons. The number of aliphatic carboxylic acids is 1. The number of urea groups is 1. The van der Waals surface area contributed by atoms with Crippen LogP contribution < -0.4 is 5.32 Å². The molecule has 0 aromatic heterocycles. The number of nitrogens with one attached hydrogen (secondary N) is 1. The number of amides is 2. The number of fused-ring (bicyclic) bond motifs is 1. The molecule has 0 spiro atoms. The summed E-state index contributed by atoms with van der Waals surface area (Å²) in [5.41, 5.74) is 1.02. The van der Waals surface area contributed by atoms with Crippen LogP contribution in [0.1, 0.15) is 49.3 Å². The summed E-state index contributed by atoms with van der Waals surface area (Å²) >= 11 is 0. The van der Waals surface area contributed by atoms with Crippen LogP contribution in [0, 0.1) is 11.6 Å².